The molecule has 2 saturated heterocycles. The zero-order chi connectivity index (χ0) is 48.4. The van der Waals surface area contributed by atoms with Crippen molar-refractivity contribution in [3.8, 4) is 22.9 Å². The lowest BCUT2D eigenvalue weighted by Crippen LogP contribution is -2.61. The van der Waals surface area contributed by atoms with E-state index in [1.54, 1.807) is 25.3 Å². The van der Waals surface area contributed by atoms with Crippen LogP contribution in [0.5, 0.6) is 11.5 Å². The van der Waals surface area contributed by atoms with Crippen molar-refractivity contribution in [2.24, 2.45) is 11.3 Å². The first-order chi connectivity index (χ1) is 31.7. The number of aliphatic carboxylic acids is 1. The maximum absolute atomic E-state index is 15.0. The van der Waals surface area contributed by atoms with E-state index in [0.29, 0.717) is 66.1 Å². The maximum atomic E-state index is 15.0. The van der Waals surface area contributed by atoms with Crippen LogP contribution in [-0.4, -0.2) is 136 Å². The second-order valence-corrected chi connectivity index (χ2v) is 22.6. The van der Waals surface area contributed by atoms with Gasteiger partial charge in [-0.3, -0.25) is 9.59 Å². The van der Waals surface area contributed by atoms with Gasteiger partial charge in [0.2, 0.25) is 11.8 Å². The van der Waals surface area contributed by atoms with Gasteiger partial charge < -0.3 is 40.7 Å². The molecule has 0 spiro atoms. The molecule has 3 fully saturated rings. The van der Waals surface area contributed by atoms with Crippen molar-refractivity contribution in [1.82, 2.24) is 39.4 Å². The van der Waals surface area contributed by atoms with Crippen LogP contribution in [-0.2, 0) is 24.6 Å². The number of nitrogens with one attached hydrogen (secondary N) is 4. The molecule has 1 unspecified atom stereocenters. The number of benzene rings is 1. The number of pyridine rings is 1. The van der Waals surface area contributed by atoms with Crippen LogP contribution in [0.4, 0.5) is 9.93 Å². The molecule has 4 amide bonds. The number of rotatable bonds is 12. The largest absolute Gasteiger partial charge is 0.497 e. The van der Waals surface area contributed by atoms with Crippen molar-refractivity contribution in [3.63, 3.8) is 0 Å². The number of methoxy groups -OCH3 is 1. The number of hydrogen-bond acceptors (Lipinski definition) is 12. The highest BCUT2D eigenvalue weighted by Crippen LogP contribution is 2.46. The van der Waals surface area contributed by atoms with Crippen LogP contribution in [0.3, 0.4) is 0 Å². The molecular weight excluding hydrogens is 899 g/mol. The summed E-state index contributed by atoms with van der Waals surface area (Å²) in [5.41, 5.74) is -0.346. The van der Waals surface area contributed by atoms with Crippen molar-refractivity contribution in [2.75, 3.05) is 38.6 Å². The summed E-state index contributed by atoms with van der Waals surface area (Å²) in [4.78, 5) is 67.5. The van der Waals surface area contributed by atoms with Gasteiger partial charge in [0.1, 0.15) is 40.9 Å². The number of carboxylic acid groups (broad SMARTS) is 1. The SMILES string of the molecule is COc1ccc2c(O[C@@H]3C[C@H]4C(=O)N[C@]5(C(=O)O)CC5/C=C\CCCCC[C@H](NC(=O)N[C@H](CN5CCCN(C(C)C)S5(=O)=O)C(C)(C)C)C(=O)N4C3)cc(-c3csc(NC(C)C)n3)nc2c1. The first kappa shape index (κ1) is 49.8. The summed E-state index contributed by atoms with van der Waals surface area (Å²) in [6.45, 7) is 14.2. The Hall–Kier alpha value is -5.05. The lowest BCUT2D eigenvalue weighted by atomic mass is 9.86. The topological polar surface area (TPSA) is 225 Å². The molecule has 3 aromatic rings. The first-order valence-electron chi connectivity index (χ1n) is 23.4. The molecule has 1 saturated carbocycles. The van der Waals surface area contributed by atoms with E-state index in [0.717, 1.165) is 18.0 Å². The van der Waals surface area contributed by atoms with E-state index in [1.807, 2.05) is 72.1 Å². The van der Waals surface area contributed by atoms with Crippen LogP contribution in [0.25, 0.3) is 22.3 Å². The minimum atomic E-state index is -3.78. The number of aromatic nitrogens is 2. The Morgan fingerprint density at radius 3 is 2.52 bits per heavy atom. The molecular formula is C47H67N9O9S2. The third kappa shape index (κ3) is 11.3. The molecule has 2 aromatic heterocycles. The van der Waals surface area contributed by atoms with E-state index in [2.05, 4.69) is 21.3 Å². The predicted molar refractivity (Wildman–Crippen MR) is 257 cm³/mol. The number of urea groups is 1. The highest BCUT2D eigenvalue weighted by molar-refractivity contribution is 7.86. The van der Waals surface area contributed by atoms with Gasteiger partial charge in [0.15, 0.2) is 5.13 Å². The monoisotopic (exact) mass is 965 g/mol. The summed E-state index contributed by atoms with van der Waals surface area (Å²) >= 11 is 1.45. The molecule has 5 N–H and O–H groups in total. The van der Waals surface area contributed by atoms with E-state index >= 15 is 4.79 Å². The average molecular weight is 966 g/mol. The van der Waals surface area contributed by atoms with Gasteiger partial charge in [-0.25, -0.2) is 19.6 Å². The molecule has 5 heterocycles. The average Bonchev–Trinajstić information content (AvgIpc) is 3.51. The minimum Gasteiger partial charge on any atom is -0.497 e. The summed E-state index contributed by atoms with van der Waals surface area (Å²) in [5, 5.41) is 25.8. The number of anilines is 1. The maximum Gasteiger partial charge on any atom is 0.330 e. The van der Waals surface area contributed by atoms with Gasteiger partial charge in [-0.2, -0.15) is 17.0 Å². The first-order valence-corrected chi connectivity index (χ1v) is 25.7. The molecule has 0 bridgehead atoms. The van der Waals surface area contributed by atoms with Crippen molar-refractivity contribution >= 4 is 61.4 Å². The van der Waals surface area contributed by atoms with Gasteiger partial charge in [-0.15, -0.1) is 11.3 Å². The number of amides is 4. The lowest BCUT2D eigenvalue weighted by Gasteiger charge is -2.41. The van der Waals surface area contributed by atoms with Crippen molar-refractivity contribution in [3.05, 3.63) is 41.8 Å². The van der Waals surface area contributed by atoms with Crippen molar-refractivity contribution in [1.29, 1.82) is 0 Å². The Morgan fingerprint density at radius 1 is 1.04 bits per heavy atom. The number of carbonyl (C=O) groups excluding carboxylic acids is 3. The molecule has 1 aliphatic carbocycles. The van der Waals surface area contributed by atoms with E-state index in [9.17, 15) is 27.9 Å². The predicted octanol–water partition coefficient (Wildman–Crippen LogP) is 5.76. The summed E-state index contributed by atoms with van der Waals surface area (Å²) in [6, 6.07) is 3.66. The number of ether oxygens (including phenoxy) is 2. The molecule has 366 valence electrons. The second kappa shape index (κ2) is 20.3. The number of carboxylic acids is 1. The smallest absolute Gasteiger partial charge is 0.330 e. The number of nitrogens with zero attached hydrogens (tertiary/aromatic N) is 5. The van der Waals surface area contributed by atoms with Crippen LogP contribution in [0.15, 0.2) is 41.8 Å². The van der Waals surface area contributed by atoms with Gasteiger partial charge >= 0.3 is 12.0 Å². The number of carbonyl (C=O) groups is 4. The molecule has 67 heavy (non-hydrogen) atoms. The van der Waals surface area contributed by atoms with E-state index < -0.39 is 75.1 Å². The van der Waals surface area contributed by atoms with Crippen LogP contribution >= 0.6 is 11.3 Å². The normalized spacial score (nSPS) is 26.1. The molecule has 4 aliphatic rings. The van der Waals surface area contributed by atoms with Crippen LogP contribution in [0.1, 0.15) is 99.8 Å². The Bertz CT molecular complexity index is 2460. The molecule has 3 aliphatic heterocycles. The van der Waals surface area contributed by atoms with Gasteiger partial charge in [-0.05, 0) is 77.3 Å². The molecule has 20 heteroatoms. The summed E-state index contributed by atoms with van der Waals surface area (Å²) in [7, 11) is -2.21. The number of thiazole rings is 1. The molecule has 18 nitrogen and oxygen atoms in total. The van der Waals surface area contributed by atoms with Gasteiger partial charge in [0, 0.05) is 73.0 Å². The Labute approximate surface area is 397 Å². The van der Waals surface area contributed by atoms with Crippen molar-refractivity contribution in [2.45, 2.75) is 142 Å². The van der Waals surface area contributed by atoms with E-state index in [1.165, 1.54) is 24.8 Å². The third-order valence-corrected chi connectivity index (χ3v) is 16.1. The highest BCUT2D eigenvalue weighted by atomic mass is 32.2. The zero-order valence-corrected chi connectivity index (χ0v) is 41.5. The standard InChI is InChI=1S/C47H67N9O9S2/c1-28(2)48-45-51-37(27-66-45)36-23-39(33-18-17-31(64-8)21-35(33)49-36)65-32-22-38-41(57)53-47(43(59)60)24-30(47)15-12-10-9-11-13-16-34(42(58)55(38)25-32)50-44(61)52-40(46(5,6)7)26-54-19-14-20-56(29(3)4)67(54,62)63/h12,15,17-18,21,23,27-30,32,34,38,40H,9-11,13-14,16,19-20,22,24-26H2,1-8H3,(H,48,51)(H,53,57)(H,59,60)(H2,50,52,61)/b15-12-/t30?,32-,34+,38+,40-,47-/m1/s1. The van der Waals surface area contributed by atoms with Gasteiger partial charge in [0.25, 0.3) is 10.2 Å². The highest BCUT2D eigenvalue weighted by Gasteiger charge is 2.61. The fourth-order valence-corrected chi connectivity index (χ4v) is 11.9. The van der Waals surface area contributed by atoms with E-state index in [-0.39, 0.29) is 44.4 Å². The van der Waals surface area contributed by atoms with Gasteiger partial charge in [-0.1, -0.05) is 45.8 Å². The summed E-state index contributed by atoms with van der Waals surface area (Å²) < 4.78 is 42.5. The molecule has 7 rings (SSSR count). The van der Waals surface area contributed by atoms with Crippen molar-refractivity contribution < 1.29 is 42.2 Å². The quantitative estimate of drug-likeness (QED) is 0.137. The molecule has 6 atom stereocenters. The zero-order valence-electron chi connectivity index (χ0n) is 39.8. The van der Waals surface area contributed by atoms with Gasteiger partial charge in [0.05, 0.1) is 24.9 Å². The van der Waals surface area contributed by atoms with E-state index in [4.69, 9.17) is 19.4 Å². The minimum absolute atomic E-state index is 0.0327. The van der Waals surface area contributed by atoms with Crippen LogP contribution < -0.4 is 30.7 Å². The molecule has 1 aromatic carbocycles. The number of fused-ring (bicyclic) bond motifs is 3. The fraction of sp³-hybridized carbons (Fsp3) is 0.617. The second-order valence-electron chi connectivity index (χ2n) is 19.9. The van der Waals surface area contributed by atoms with Crippen LogP contribution in [0.2, 0.25) is 0 Å². The Balaban J connectivity index is 1.18. The summed E-state index contributed by atoms with van der Waals surface area (Å²) in [5.74, 6) is -1.66. The fourth-order valence-electron chi connectivity index (χ4n) is 9.15. The lowest BCUT2D eigenvalue weighted by molar-refractivity contribution is -0.145. The Morgan fingerprint density at radius 2 is 1.82 bits per heavy atom. The molecule has 0 radical (unpaired) electrons. The summed E-state index contributed by atoms with van der Waals surface area (Å²) in [6.07, 6.45) is 7.02. The Kier molecular flexibility index (Phi) is 15.1. The number of hydrogen-bond donors (Lipinski definition) is 5. The number of allylic oxidation sites excluding steroid dienone is 1. The third-order valence-electron chi connectivity index (χ3n) is 13.1. The van der Waals surface area contributed by atoms with Crippen LogP contribution in [0, 0.1) is 11.3 Å².